The highest BCUT2D eigenvalue weighted by Crippen LogP contribution is 2.30. The maximum atomic E-state index is 6.03. The summed E-state index contributed by atoms with van der Waals surface area (Å²) in [6.45, 7) is 2.31. The predicted molar refractivity (Wildman–Crippen MR) is 92.3 cm³/mol. The first-order valence-electron chi connectivity index (χ1n) is 7.55. The van der Waals surface area contributed by atoms with E-state index in [9.17, 15) is 0 Å². The molecule has 0 bridgehead atoms. The molecule has 0 aliphatic carbocycles. The molecule has 1 unspecified atom stereocenters. The number of hydrogen-bond acceptors (Lipinski definition) is 5. The molecule has 0 spiro atoms. The quantitative estimate of drug-likeness (QED) is 0.614. The molecule has 1 aromatic carbocycles. The van der Waals surface area contributed by atoms with Gasteiger partial charge in [-0.3, -0.25) is 0 Å². The second-order valence-electron chi connectivity index (χ2n) is 5.54. The molecule has 24 heavy (non-hydrogen) atoms. The maximum absolute atomic E-state index is 6.03. The molecule has 4 rings (SSSR count). The number of rotatable bonds is 4. The van der Waals surface area contributed by atoms with E-state index in [1.54, 1.807) is 22.8 Å². The van der Waals surface area contributed by atoms with E-state index in [-0.39, 0.29) is 6.10 Å². The van der Waals surface area contributed by atoms with Crippen molar-refractivity contribution in [2.45, 2.75) is 13.0 Å². The van der Waals surface area contributed by atoms with Gasteiger partial charge in [-0.05, 0) is 37.3 Å². The molecule has 6 nitrogen and oxygen atoms in total. The Hall–Kier alpha value is -2.57. The fourth-order valence-electron chi connectivity index (χ4n) is 2.48. The lowest BCUT2D eigenvalue weighted by Gasteiger charge is -2.11. The van der Waals surface area contributed by atoms with Gasteiger partial charge in [0.2, 0.25) is 5.88 Å². The van der Waals surface area contributed by atoms with Gasteiger partial charge in [0.1, 0.15) is 17.4 Å². The van der Waals surface area contributed by atoms with Gasteiger partial charge in [-0.2, -0.15) is 0 Å². The molecule has 0 fully saturated rings. The molecular weight excluding hydrogens is 328 g/mol. The summed E-state index contributed by atoms with van der Waals surface area (Å²) < 4.78 is 13.3. The van der Waals surface area contributed by atoms with Crippen LogP contribution in [0.15, 0.2) is 47.0 Å². The van der Waals surface area contributed by atoms with E-state index in [2.05, 4.69) is 10.1 Å². The fourth-order valence-corrected chi connectivity index (χ4v) is 2.66. The highest BCUT2D eigenvalue weighted by molar-refractivity contribution is 6.31. The van der Waals surface area contributed by atoms with Crippen molar-refractivity contribution < 1.29 is 9.15 Å². The minimum atomic E-state index is -0.115. The molecular formula is C17H15ClN4O2. The van der Waals surface area contributed by atoms with E-state index >= 15 is 0 Å². The van der Waals surface area contributed by atoms with Crippen LogP contribution in [-0.2, 0) is 0 Å². The van der Waals surface area contributed by atoms with E-state index in [1.807, 2.05) is 31.2 Å². The molecule has 0 radical (unpaired) electrons. The van der Waals surface area contributed by atoms with Crippen LogP contribution in [0.1, 0.15) is 6.92 Å². The molecule has 0 aliphatic rings. The normalized spacial score (nSPS) is 12.8. The number of aromatic nitrogens is 3. The molecule has 1 atom stereocenters. The fraction of sp³-hybridized carbons (Fsp3) is 0.176. The summed E-state index contributed by atoms with van der Waals surface area (Å²) in [7, 11) is 0. The number of fused-ring (bicyclic) bond motifs is 2. The first-order chi connectivity index (χ1) is 11.6. The van der Waals surface area contributed by atoms with Gasteiger partial charge in [0.15, 0.2) is 11.4 Å². The van der Waals surface area contributed by atoms with Gasteiger partial charge in [0.25, 0.3) is 0 Å². The van der Waals surface area contributed by atoms with E-state index in [4.69, 9.17) is 26.5 Å². The van der Waals surface area contributed by atoms with Crippen LogP contribution in [0.4, 0.5) is 0 Å². The van der Waals surface area contributed by atoms with Gasteiger partial charge >= 0.3 is 0 Å². The Morgan fingerprint density at radius 3 is 3.00 bits per heavy atom. The standard InChI is InChI=1S/C17H15ClN4O2/c1-10(8-19)23-17-5-4-16-20-9-13(22(16)21-17)15-7-11-6-12(18)2-3-14(11)24-15/h2-7,9-10H,8,19H2,1H3. The zero-order valence-corrected chi connectivity index (χ0v) is 13.7. The Morgan fingerprint density at radius 1 is 1.29 bits per heavy atom. The molecule has 0 saturated heterocycles. The third-order valence-corrected chi connectivity index (χ3v) is 3.96. The lowest BCUT2D eigenvalue weighted by molar-refractivity contribution is 0.217. The Morgan fingerprint density at radius 2 is 2.17 bits per heavy atom. The van der Waals surface area contributed by atoms with Crippen molar-refractivity contribution in [3.8, 4) is 17.3 Å². The third kappa shape index (κ3) is 2.60. The monoisotopic (exact) mass is 342 g/mol. The number of benzene rings is 1. The number of hydrogen-bond donors (Lipinski definition) is 1. The van der Waals surface area contributed by atoms with Crippen LogP contribution in [-0.4, -0.2) is 27.2 Å². The number of halogens is 1. The second kappa shape index (κ2) is 5.81. The van der Waals surface area contributed by atoms with Crippen molar-refractivity contribution in [3.05, 3.63) is 47.6 Å². The minimum absolute atomic E-state index is 0.115. The van der Waals surface area contributed by atoms with Gasteiger partial charge in [-0.25, -0.2) is 9.50 Å². The van der Waals surface area contributed by atoms with Crippen LogP contribution >= 0.6 is 11.6 Å². The van der Waals surface area contributed by atoms with Crippen LogP contribution in [0.2, 0.25) is 5.02 Å². The molecule has 4 aromatic rings. The first kappa shape index (κ1) is 15.0. The third-order valence-electron chi connectivity index (χ3n) is 3.72. The number of nitrogens with two attached hydrogens (primary N) is 1. The summed E-state index contributed by atoms with van der Waals surface area (Å²) in [6.07, 6.45) is 1.60. The van der Waals surface area contributed by atoms with Gasteiger partial charge in [0.05, 0.1) is 6.20 Å². The highest BCUT2D eigenvalue weighted by Gasteiger charge is 2.14. The molecule has 0 amide bonds. The van der Waals surface area contributed by atoms with Gasteiger partial charge < -0.3 is 14.9 Å². The van der Waals surface area contributed by atoms with Crippen molar-refractivity contribution in [1.82, 2.24) is 14.6 Å². The summed E-state index contributed by atoms with van der Waals surface area (Å²) in [5.74, 6) is 1.15. The molecule has 0 saturated carbocycles. The average Bonchev–Trinajstić information content (AvgIpc) is 3.17. The summed E-state index contributed by atoms with van der Waals surface area (Å²) in [4.78, 5) is 4.36. The van der Waals surface area contributed by atoms with Gasteiger partial charge in [0, 0.05) is 23.0 Å². The van der Waals surface area contributed by atoms with E-state index in [0.717, 1.165) is 16.7 Å². The molecule has 7 heteroatoms. The lowest BCUT2D eigenvalue weighted by Crippen LogP contribution is -2.23. The Labute approximate surface area is 142 Å². The predicted octanol–water partition coefficient (Wildman–Crippen LogP) is 3.52. The van der Waals surface area contributed by atoms with Crippen LogP contribution in [0.3, 0.4) is 0 Å². The molecule has 122 valence electrons. The number of nitrogens with zero attached hydrogens (tertiary/aromatic N) is 3. The second-order valence-corrected chi connectivity index (χ2v) is 5.98. The Kier molecular flexibility index (Phi) is 3.63. The Bertz CT molecular complexity index is 1020. The lowest BCUT2D eigenvalue weighted by atomic mass is 10.2. The van der Waals surface area contributed by atoms with Crippen molar-refractivity contribution in [2.75, 3.05) is 6.54 Å². The van der Waals surface area contributed by atoms with Crippen LogP contribution in [0.5, 0.6) is 5.88 Å². The zero-order valence-electron chi connectivity index (χ0n) is 12.9. The zero-order chi connectivity index (χ0) is 16.7. The van der Waals surface area contributed by atoms with Gasteiger partial charge in [-0.15, -0.1) is 5.10 Å². The summed E-state index contributed by atoms with van der Waals surface area (Å²) in [6, 6.07) is 11.0. The van der Waals surface area contributed by atoms with Crippen molar-refractivity contribution in [2.24, 2.45) is 5.73 Å². The van der Waals surface area contributed by atoms with E-state index in [1.165, 1.54) is 0 Å². The highest BCUT2D eigenvalue weighted by atomic mass is 35.5. The molecule has 3 aromatic heterocycles. The molecule has 2 N–H and O–H groups in total. The average molecular weight is 343 g/mol. The molecule has 3 heterocycles. The Balaban J connectivity index is 1.81. The van der Waals surface area contributed by atoms with Crippen molar-refractivity contribution in [3.63, 3.8) is 0 Å². The topological polar surface area (TPSA) is 78.6 Å². The van der Waals surface area contributed by atoms with Crippen LogP contribution in [0.25, 0.3) is 28.1 Å². The van der Waals surface area contributed by atoms with Crippen molar-refractivity contribution >= 4 is 28.2 Å². The van der Waals surface area contributed by atoms with Crippen molar-refractivity contribution in [1.29, 1.82) is 0 Å². The van der Waals surface area contributed by atoms with E-state index < -0.39 is 0 Å². The minimum Gasteiger partial charge on any atom is -0.472 e. The largest absolute Gasteiger partial charge is 0.472 e. The van der Waals surface area contributed by atoms with Crippen LogP contribution in [0, 0.1) is 0 Å². The summed E-state index contributed by atoms with van der Waals surface area (Å²) in [5, 5.41) is 6.07. The summed E-state index contributed by atoms with van der Waals surface area (Å²) in [5.41, 5.74) is 7.79. The summed E-state index contributed by atoms with van der Waals surface area (Å²) >= 11 is 6.03. The number of ether oxygens (including phenoxy) is 1. The number of furan rings is 1. The first-order valence-corrected chi connectivity index (χ1v) is 7.93. The molecule has 0 aliphatic heterocycles. The van der Waals surface area contributed by atoms with E-state index in [0.29, 0.717) is 28.9 Å². The van der Waals surface area contributed by atoms with Crippen LogP contribution < -0.4 is 10.5 Å². The van der Waals surface area contributed by atoms with Gasteiger partial charge in [-0.1, -0.05) is 11.6 Å². The number of imidazole rings is 1. The smallest absolute Gasteiger partial charge is 0.232 e. The maximum Gasteiger partial charge on any atom is 0.232 e. The SMILES string of the molecule is CC(CN)Oc1ccc2ncc(-c3cc4cc(Cl)ccc4o3)n2n1.